The van der Waals surface area contributed by atoms with Crippen LogP contribution in [0.3, 0.4) is 0 Å². The predicted molar refractivity (Wildman–Crippen MR) is 215 cm³/mol. The van der Waals surface area contributed by atoms with Gasteiger partial charge in [0, 0.05) is 28.9 Å². The van der Waals surface area contributed by atoms with Crippen LogP contribution in [0.5, 0.6) is 23.0 Å². The van der Waals surface area contributed by atoms with Gasteiger partial charge in [-0.1, -0.05) is 120 Å². The lowest BCUT2D eigenvalue weighted by Crippen LogP contribution is -2.35. The van der Waals surface area contributed by atoms with Crippen LogP contribution >= 0.6 is 0 Å². The molecule has 4 aromatic carbocycles. The Labute approximate surface area is 308 Å². The second-order valence-electron chi connectivity index (χ2n) is 15.7. The Bertz CT molecular complexity index is 1510. The highest BCUT2D eigenvalue weighted by Gasteiger charge is 2.41. The molecule has 2 fully saturated rings. The molecule has 2 aliphatic rings. The maximum Gasteiger partial charge on any atom is 0.129 e. The minimum absolute atomic E-state index is 0.0326. The third-order valence-electron chi connectivity index (χ3n) is 12.2. The minimum Gasteiger partial charge on any atom is -0.457 e. The van der Waals surface area contributed by atoms with E-state index in [9.17, 15) is 0 Å². The molecule has 0 spiro atoms. The van der Waals surface area contributed by atoms with Crippen LogP contribution in [0.1, 0.15) is 134 Å². The summed E-state index contributed by atoms with van der Waals surface area (Å²) < 4.78 is 12.4. The summed E-state index contributed by atoms with van der Waals surface area (Å²) in [6.07, 6.45) is 25.0. The normalized spacial score (nSPS) is 19.1. The average Bonchev–Trinajstić information content (AvgIpc) is 3.15. The van der Waals surface area contributed by atoms with Gasteiger partial charge in [-0.3, -0.25) is 0 Å². The van der Waals surface area contributed by atoms with Gasteiger partial charge in [0.1, 0.15) is 23.0 Å². The first-order valence-corrected chi connectivity index (χ1v) is 20.3. The Hall–Kier alpha value is -3.92. The molecule has 272 valence electrons. The molecule has 0 aromatic heterocycles. The lowest BCUT2D eigenvalue weighted by molar-refractivity contribution is 0.140. The van der Waals surface area contributed by atoms with Gasteiger partial charge in [-0.05, 0) is 116 Å². The standard InChI is InChI=1S/C47H62N2O2/c1-2-3-4-5-6-7-8-9-10-13-36-18-20-37(21-19-36)38-30-32-47(33-31-38,39-22-26-43(27-23-39)50-45-16-11-14-41(48)34-45)40-24-28-44(29-25-40)51-46-17-12-15-42(49)35-46/h11-12,14-17,22-29,34-38H,2-10,13,18-21,30-33,48-49H2,1H3/t36-,37-. The molecule has 0 bridgehead atoms. The molecular weight excluding hydrogens is 625 g/mol. The highest BCUT2D eigenvalue weighted by molar-refractivity contribution is 5.48. The fourth-order valence-corrected chi connectivity index (χ4v) is 9.15. The molecule has 2 saturated carbocycles. The van der Waals surface area contributed by atoms with E-state index in [4.69, 9.17) is 20.9 Å². The number of benzene rings is 4. The number of hydrogen-bond donors (Lipinski definition) is 2. The van der Waals surface area contributed by atoms with Crippen LogP contribution in [0.25, 0.3) is 0 Å². The third-order valence-corrected chi connectivity index (χ3v) is 12.2. The van der Waals surface area contributed by atoms with Crippen LogP contribution in [-0.2, 0) is 5.41 Å². The molecule has 51 heavy (non-hydrogen) atoms. The molecule has 4 nitrogen and oxygen atoms in total. The van der Waals surface area contributed by atoms with Gasteiger partial charge in [-0.15, -0.1) is 0 Å². The topological polar surface area (TPSA) is 70.5 Å². The summed E-state index contributed by atoms with van der Waals surface area (Å²) in [5, 5.41) is 0. The van der Waals surface area contributed by atoms with Crippen molar-refractivity contribution in [1.82, 2.24) is 0 Å². The van der Waals surface area contributed by atoms with Crippen molar-refractivity contribution in [2.45, 2.75) is 128 Å². The van der Waals surface area contributed by atoms with Gasteiger partial charge in [-0.25, -0.2) is 0 Å². The second-order valence-corrected chi connectivity index (χ2v) is 15.7. The van der Waals surface area contributed by atoms with Gasteiger partial charge in [0.05, 0.1) is 0 Å². The number of nitrogen functional groups attached to an aromatic ring is 2. The number of unbranched alkanes of at least 4 members (excludes halogenated alkanes) is 8. The molecule has 4 aromatic rings. The smallest absolute Gasteiger partial charge is 0.129 e. The maximum atomic E-state index is 6.18. The Balaban J connectivity index is 1.07. The SMILES string of the molecule is CCCCCCCCCCC[C@H]1CC[C@H](C2CCC(c3ccc(Oc4cccc(N)c4)cc3)(c3ccc(Oc4cccc(N)c4)cc3)CC2)CC1. The van der Waals surface area contributed by atoms with E-state index in [1.165, 1.54) is 127 Å². The van der Waals surface area contributed by atoms with Gasteiger partial charge < -0.3 is 20.9 Å². The highest BCUT2D eigenvalue weighted by atomic mass is 16.5. The molecule has 0 atom stereocenters. The van der Waals surface area contributed by atoms with Crippen molar-refractivity contribution >= 4 is 11.4 Å². The van der Waals surface area contributed by atoms with Crippen LogP contribution in [0.15, 0.2) is 97.1 Å². The van der Waals surface area contributed by atoms with Crippen LogP contribution in [0.2, 0.25) is 0 Å². The monoisotopic (exact) mass is 686 g/mol. The lowest BCUT2D eigenvalue weighted by atomic mass is 9.60. The van der Waals surface area contributed by atoms with Crippen molar-refractivity contribution in [3.63, 3.8) is 0 Å². The summed E-state index contributed by atoms with van der Waals surface area (Å²) in [7, 11) is 0. The largest absolute Gasteiger partial charge is 0.457 e. The van der Waals surface area contributed by atoms with E-state index in [1.807, 2.05) is 48.5 Å². The molecule has 0 amide bonds. The number of rotatable bonds is 17. The van der Waals surface area contributed by atoms with E-state index < -0.39 is 0 Å². The molecule has 0 saturated heterocycles. The van der Waals surface area contributed by atoms with Crippen LogP contribution < -0.4 is 20.9 Å². The van der Waals surface area contributed by atoms with Crippen molar-refractivity contribution < 1.29 is 9.47 Å². The Morgan fingerprint density at radius 1 is 0.510 bits per heavy atom. The first-order chi connectivity index (χ1) is 25.0. The second kappa shape index (κ2) is 18.5. The van der Waals surface area contributed by atoms with Gasteiger partial charge in [-0.2, -0.15) is 0 Å². The molecule has 0 heterocycles. The van der Waals surface area contributed by atoms with Crippen molar-refractivity contribution in [2.75, 3.05) is 11.5 Å². The van der Waals surface area contributed by atoms with E-state index >= 15 is 0 Å². The van der Waals surface area contributed by atoms with Crippen molar-refractivity contribution in [3.8, 4) is 23.0 Å². The Morgan fingerprint density at radius 2 is 0.961 bits per heavy atom. The molecule has 4 heteroatoms. The molecule has 0 radical (unpaired) electrons. The summed E-state index contributed by atoms with van der Waals surface area (Å²) in [5.74, 6) is 5.88. The maximum absolute atomic E-state index is 6.18. The van der Waals surface area contributed by atoms with E-state index in [-0.39, 0.29) is 5.41 Å². The predicted octanol–water partition coefficient (Wildman–Crippen LogP) is 13.6. The number of anilines is 2. The summed E-state index contributed by atoms with van der Waals surface area (Å²) in [5.41, 5.74) is 16.1. The summed E-state index contributed by atoms with van der Waals surface area (Å²) in [6, 6.07) is 32.9. The molecule has 6 rings (SSSR count). The lowest BCUT2D eigenvalue weighted by Gasteiger charge is -2.44. The number of hydrogen-bond acceptors (Lipinski definition) is 4. The number of ether oxygens (including phenoxy) is 2. The summed E-state index contributed by atoms with van der Waals surface area (Å²) in [4.78, 5) is 0. The van der Waals surface area contributed by atoms with Gasteiger partial charge >= 0.3 is 0 Å². The van der Waals surface area contributed by atoms with Gasteiger partial charge in [0.15, 0.2) is 0 Å². The average molecular weight is 687 g/mol. The highest BCUT2D eigenvalue weighted by Crippen LogP contribution is 2.51. The van der Waals surface area contributed by atoms with Crippen molar-refractivity contribution in [2.24, 2.45) is 17.8 Å². The van der Waals surface area contributed by atoms with Gasteiger partial charge in [0.2, 0.25) is 0 Å². The van der Waals surface area contributed by atoms with E-state index in [1.54, 1.807) is 0 Å². The zero-order chi connectivity index (χ0) is 35.3. The van der Waals surface area contributed by atoms with E-state index in [0.717, 1.165) is 40.8 Å². The quantitative estimate of drug-likeness (QED) is 0.0857. The first kappa shape index (κ1) is 36.9. The number of nitrogens with two attached hydrogens (primary N) is 2. The fraction of sp³-hybridized carbons (Fsp3) is 0.489. The van der Waals surface area contributed by atoms with Crippen LogP contribution in [-0.4, -0.2) is 0 Å². The molecular formula is C47H62N2O2. The molecule has 0 unspecified atom stereocenters. The van der Waals surface area contributed by atoms with Crippen LogP contribution in [0, 0.1) is 17.8 Å². The Kier molecular flexibility index (Phi) is 13.4. The van der Waals surface area contributed by atoms with Crippen molar-refractivity contribution in [3.05, 3.63) is 108 Å². The van der Waals surface area contributed by atoms with E-state index in [0.29, 0.717) is 11.4 Å². The molecule has 4 N–H and O–H groups in total. The van der Waals surface area contributed by atoms with E-state index in [2.05, 4.69) is 55.5 Å². The zero-order valence-electron chi connectivity index (χ0n) is 31.2. The molecule has 2 aliphatic carbocycles. The first-order valence-electron chi connectivity index (χ1n) is 20.3. The minimum atomic E-state index is -0.0326. The van der Waals surface area contributed by atoms with Crippen LogP contribution in [0.4, 0.5) is 11.4 Å². The van der Waals surface area contributed by atoms with Crippen molar-refractivity contribution in [1.29, 1.82) is 0 Å². The summed E-state index contributed by atoms with van der Waals surface area (Å²) >= 11 is 0. The fourth-order valence-electron chi connectivity index (χ4n) is 9.15. The third kappa shape index (κ3) is 10.3. The molecule has 0 aliphatic heterocycles. The summed E-state index contributed by atoms with van der Waals surface area (Å²) in [6.45, 7) is 2.30. The Morgan fingerprint density at radius 3 is 1.43 bits per heavy atom. The zero-order valence-corrected chi connectivity index (χ0v) is 31.2. The van der Waals surface area contributed by atoms with Gasteiger partial charge in [0.25, 0.3) is 0 Å².